The predicted octanol–water partition coefficient (Wildman–Crippen LogP) is 5.11. The fourth-order valence-corrected chi connectivity index (χ4v) is 5.22. The monoisotopic (exact) mass is 428 g/mol. The van der Waals surface area contributed by atoms with Crippen LogP contribution in [0, 0.1) is 0 Å². The first kappa shape index (κ1) is 20.6. The topological polar surface area (TPSA) is 61.8 Å². The van der Waals surface area contributed by atoms with Crippen LogP contribution in [0.5, 0.6) is 0 Å². The molecule has 5 heteroatoms. The minimum absolute atomic E-state index is 0.0172. The van der Waals surface area contributed by atoms with E-state index in [1.807, 2.05) is 0 Å². The molecule has 164 valence electrons. The van der Waals surface area contributed by atoms with Crippen LogP contribution in [0.4, 0.5) is 16.2 Å². The van der Waals surface area contributed by atoms with Crippen molar-refractivity contribution in [3.05, 3.63) is 95.1 Å². The summed E-state index contributed by atoms with van der Waals surface area (Å²) in [6.07, 6.45) is 1.55. The fourth-order valence-electron chi connectivity index (χ4n) is 5.22. The Hall–Kier alpha value is -3.31. The minimum atomic E-state index is -0.540. The summed E-state index contributed by atoms with van der Waals surface area (Å²) >= 11 is 0. The Morgan fingerprint density at radius 2 is 1.44 bits per heavy atom. The van der Waals surface area contributed by atoms with Gasteiger partial charge in [0.1, 0.15) is 6.61 Å². The van der Waals surface area contributed by atoms with Crippen molar-refractivity contribution in [2.75, 3.05) is 36.5 Å². The van der Waals surface area contributed by atoms with Crippen LogP contribution in [0.3, 0.4) is 0 Å². The van der Waals surface area contributed by atoms with Crippen LogP contribution in [-0.2, 0) is 4.74 Å². The van der Waals surface area contributed by atoms with Gasteiger partial charge >= 0.3 is 6.09 Å². The number of aliphatic hydroxyl groups is 1. The second-order valence-electron chi connectivity index (χ2n) is 8.48. The van der Waals surface area contributed by atoms with Crippen molar-refractivity contribution in [2.24, 2.45) is 0 Å². The standard InChI is InChI=1S/C27H28N2O3/c30-15-16-32-27(31)28-21-17-24-22(19-7-3-1-4-8-19)11-13-29-14-12-23(25(18-21)26(24)29)20-9-5-2-6-10-20/h1-10,17-18,22-23,30H,11-16H2,(H,28,31). The molecule has 2 aliphatic rings. The van der Waals surface area contributed by atoms with Crippen LogP contribution in [0.15, 0.2) is 72.8 Å². The Morgan fingerprint density at radius 1 is 0.906 bits per heavy atom. The Morgan fingerprint density at radius 3 is 1.94 bits per heavy atom. The van der Waals surface area contributed by atoms with E-state index in [1.54, 1.807) is 0 Å². The van der Waals surface area contributed by atoms with E-state index >= 15 is 0 Å². The molecule has 0 fully saturated rings. The third-order valence-electron chi connectivity index (χ3n) is 6.59. The first-order chi connectivity index (χ1) is 15.7. The first-order valence-electron chi connectivity index (χ1n) is 11.3. The third-order valence-corrected chi connectivity index (χ3v) is 6.59. The predicted molar refractivity (Wildman–Crippen MR) is 127 cm³/mol. The van der Waals surface area contributed by atoms with E-state index in [4.69, 9.17) is 9.84 Å². The maximum atomic E-state index is 12.3. The highest BCUT2D eigenvalue weighted by molar-refractivity contribution is 5.86. The van der Waals surface area contributed by atoms with Gasteiger partial charge in [-0.05, 0) is 47.2 Å². The Kier molecular flexibility index (Phi) is 5.82. The molecule has 2 aliphatic heterocycles. The average molecular weight is 429 g/mol. The summed E-state index contributed by atoms with van der Waals surface area (Å²) in [5.74, 6) is 0.567. The normalized spacial score (nSPS) is 19.2. The van der Waals surface area contributed by atoms with Crippen LogP contribution in [-0.4, -0.2) is 37.5 Å². The second-order valence-corrected chi connectivity index (χ2v) is 8.48. The van der Waals surface area contributed by atoms with Crippen molar-refractivity contribution in [3.63, 3.8) is 0 Å². The number of benzene rings is 3. The Bertz CT molecular complexity index is 1010. The lowest BCUT2D eigenvalue weighted by molar-refractivity contribution is 0.131. The SMILES string of the molecule is O=C(Nc1cc2c3c(c1)C(c1ccccc1)CCN3CCC2c1ccccc1)OCCO. The molecule has 0 saturated carbocycles. The van der Waals surface area contributed by atoms with E-state index in [1.165, 1.54) is 27.9 Å². The average Bonchev–Trinajstić information content (AvgIpc) is 2.84. The lowest BCUT2D eigenvalue weighted by Crippen LogP contribution is -2.37. The van der Waals surface area contributed by atoms with Crippen molar-refractivity contribution in [1.29, 1.82) is 0 Å². The summed E-state index contributed by atoms with van der Waals surface area (Å²) in [6.45, 7) is 1.86. The number of ether oxygens (including phenoxy) is 1. The first-order valence-corrected chi connectivity index (χ1v) is 11.3. The van der Waals surface area contributed by atoms with Gasteiger partial charge in [-0.25, -0.2) is 4.79 Å². The molecule has 2 atom stereocenters. The van der Waals surface area contributed by atoms with Crippen molar-refractivity contribution in [3.8, 4) is 0 Å². The van der Waals surface area contributed by atoms with E-state index < -0.39 is 6.09 Å². The summed E-state index contributed by atoms with van der Waals surface area (Å²) in [4.78, 5) is 14.8. The van der Waals surface area contributed by atoms with Gasteiger partial charge in [0.2, 0.25) is 0 Å². The number of anilines is 2. The van der Waals surface area contributed by atoms with Gasteiger partial charge in [-0.15, -0.1) is 0 Å². The number of hydrogen-bond acceptors (Lipinski definition) is 4. The second kappa shape index (κ2) is 9.05. The van der Waals surface area contributed by atoms with Crippen molar-refractivity contribution >= 4 is 17.5 Å². The molecular weight excluding hydrogens is 400 g/mol. The molecule has 32 heavy (non-hydrogen) atoms. The number of rotatable bonds is 5. The van der Waals surface area contributed by atoms with Gasteiger partial charge < -0.3 is 14.7 Å². The molecule has 3 aromatic rings. The molecular formula is C27H28N2O3. The van der Waals surface area contributed by atoms with Gasteiger partial charge in [0, 0.05) is 36.3 Å². The molecule has 0 bridgehead atoms. The van der Waals surface area contributed by atoms with E-state index in [9.17, 15) is 4.79 Å². The molecule has 5 rings (SSSR count). The van der Waals surface area contributed by atoms with E-state index in [2.05, 4.69) is 83.0 Å². The fraction of sp³-hybridized carbons (Fsp3) is 0.296. The molecule has 1 amide bonds. The molecule has 0 aromatic heterocycles. The van der Waals surface area contributed by atoms with E-state index in [0.717, 1.165) is 31.6 Å². The van der Waals surface area contributed by atoms with E-state index in [0.29, 0.717) is 0 Å². The largest absolute Gasteiger partial charge is 0.447 e. The van der Waals surface area contributed by atoms with Crippen LogP contribution < -0.4 is 10.2 Å². The van der Waals surface area contributed by atoms with Crippen molar-refractivity contribution in [1.82, 2.24) is 0 Å². The Balaban J connectivity index is 1.62. The number of amides is 1. The van der Waals surface area contributed by atoms with Crippen LogP contribution in [0.2, 0.25) is 0 Å². The minimum Gasteiger partial charge on any atom is -0.447 e. The van der Waals surface area contributed by atoms with Gasteiger partial charge in [-0.2, -0.15) is 0 Å². The number of nitrogens with zero attached hydrogens (tertiary/aromatic N) is 1. The lowest BCUT2D eigenvalue weighted by atomic mass is 9.76. The zero-order valence-corrected chi connectivity index (χ0v) is 18.0. The molecule has 0 spiro atoms. The maximum absolute atomic E-state index is 12.3. The summed E-state index contributed by atoms with van der Waals surface area (Å²) in [7, 11) is 0. The third kappa shape index (κ3) is 3.96. The molecule has 0 radical (unpaired) electrons. The summed E-state index contributed by atoms with van der Waals surface area (Å²) in [6, 6.07) is 25.5. The molecule has 2 N–H and O–H groups in total. The number of hydrogen-bond donors (Lipinski definition) is 2. The molecule has 0 saturated heterocycles. The zero-order valence-electron chi connectivity index (χ0n) is 18.0. The molecule has 2 heterocycles. The molecule has 3 aromatic carbocycles. The zero-order chi connectivity index (χ0) is 21.9. The number of carbonyl (C=O) groups is 1. The smallest absolute Gasteiger partial charge is 0.411 e. The summed E-state index contributed by atoms with van der Waals surface area (Å²) in [5.41, 5.74) is 7.19. The lowest BCUT2D eigenvalue weighted by Gasteiger charge is -2.43. The van der Waals surface area contributed by atoms with Gasteiger partial charge in [0.15, 0.2) is 0 Å². The van der Waals surface area contributed by atoms with Gasteiger partial charge in [-0.3, -0.25) is 5.32 Å². The van der Waals surface area contributed by atoms with Crippen molar-refractivity contribution < 1.29 is 14.6 Å². The van der Waals surface area contributed by atoms with Gasteiger partial charge in [-0.1, -0.05) is 60.7 Å². The number of aliphatic hydroxyl groups excluding tert-OH is 1. The van der Waals surface area contributed by atoms with Crippen LogP contribution >= 0.6 is 0 Å². The van der Waals surface area contributed by atoms with Gasteiger partial charge in [0.25, 0.3) is 0 Å². The number of carbonyl (C=O) groups excluding carboxylic acids is 1. The van der Waals surface area contributed by atoms with Crippen molar-refractivity contribution in [2.45, 2.75) is 24.7 Å². The highest BCUT2D eigenvalue weighted by Gasteiger charge is 2.35. The van der Waals surface area contributed by atoms with Crippen LogP contribution in [0.25, 0.3) is 0 Å². The quantitative estimate of drug-likeness (QED) is 0.593. The van der Waals surface area contributed by atoms with Crippen LogP contribution in [0.1, 0.15) is 46.9 Å². The highest BCUT2D eigenvalue weighted by Crippen LogP contribution is 2.49. The molecule has 2 unspecified atom stereocenters. The summed E-state index contributed by atoms with van der Waals surface area (Å²) in [5, 5.41) is 11.9. The Labute approximate surface area is 188 Å². The number of nitrogens with one attached hydrogen (secondary N) is 1. The maximum Gasteiger partial charge on any atom is 0.411 e. The molecule has 5 nitrogen and oxygen atoms in total. The molecule has 0 aliphatic carbocycles. The summed E-state index contributed by atoms with van der Waals surface area (Å²) < 4.78 is 5.06. The highest BCUT2D eigenvalue weighted by atomic mass is 16.6. The van der Waals surface area contributed by atoms with Gasteiger partial charge in [0.05, 0.1) is 6.61 Å². The van der Waals surface area contributed by atoms with E-state index in [-0.39, 0.29) is 25.0 Å².